The lowest BCUT2D eigenvalue weighted by Gasteiger charge is -2.40. The zero-order valence-corrected chi connectivity index (χ0v) is 27.4. The maximum atomic E-state index is 14.0. The summed E-state index contributed by atoms with van der Waals surface area (Å²) in [6, 6.07) is 3.06. The minimum Gasteiger partial charge on any atom is -0.463 e. The molecule has 2 aliphatic heterocycles. The molecule has 0 radical (unpaired) electrons. The molecule has 2 aromatic rings. The molecule has 5 rings (SSSR count). The van der Waals surface area contributed by atoms with Gasteiger partial charge in [0.15, 0.2) is 10.8 Å². The zero-order valence-electron chi connectivity index (χ0n) is 25.0. The Balaban J connectivity index is 1.39. The number of ether oxygens (including phenoxy) is 2. The van der Waals surface area contributed by atoms with Gasteiger partial charge >= 0.3 is 11.9 Å². The number of halogens is 2. The van der Waals surface area contributed by atoms with Crippen LogP contribution in [-0.2, 0) is 29.1 Å². The smallest absolute Gasteiger partial charge is 0.338 e. The summed E-state index contributed by atoms with van der Waals surface area (Å²) in [6.45, 7) is 7.68. The summed E-state index contributed by atoms with van der Waals surface area (Å²) in [5.41, 5.74) is 0.632. The molecular formula is C30H36ClFN4O6S2. The molecule has 10 nitrogen and oxygen atoms in total. The Bertz CT molecular complexity index is 1570. The standard InChI is InChI=1S/C30H36ClFN4O6S2/c1-5-41-29(38)23-24(34-26(27-33-10-13-43-27)35-25(23)21-7-6-19(32)16-22(21)31)17-8-11-36(12-9-17)44(39,40)20-14-18(15-20)28(37)42-30(2,3)4/h6-7,10,13,16-18,20,25H,5,8-9,11-12,14-15H2,1-4H3,(H,34,35). The van der Waals surface area contributed by atoms with E-state index in [1.54, 1.807) is 39.3 Å². The summed E-state index contributed by atoms with van der Waals surface area (Å²) < 4.78 is 53.3. The van der Waals surface area contributed by atoms with Gasteiger partial charge in [-0.25, -0.2) is 26.9 Å². The fraction of sp³-hybridized carbons (Fsp3) is 0.533. The summed E-state index contributed by atoms with van der Waals surface area (Å²) in [4.78, 5) is 35.1. The van der Waals surface area contributed by atoms with Gasteiger partial charge in [-0.05, 0) is 65.5 Å². The van der Waals surface area contributed by atoms with Crippen molar-refractivity contribution in [3.63, 3.8) is 0 Å². The molecule has 1 saturated carbocycles. The van der Waals surface area contributed by atoms with Gasteiger partial charge in [0.25, 0.3) is 0 Å². The van der Waals surface area contributed by atoms with Crippen LogP contribution in [0.4, 0.5) is 4.39 Å². The first-order valence-electron chi connectivity index (χ1n) is 14.6. The lowest BCUT2D eigenvalue weighted by Crippen LogP contribution is -2.50. The summed E-state index contributed by atoms with van der Waals surface area (Å²) in [5.74, 6) is -1.68. The molecule has 0 amide bonds. The number of nitrogens with zero attached hydrogens (tertiary/aromatic N) is 3. The Morgan fingerprint density at radius 3 is 2.50 bits per heavy atom. The van der Waals surface area contributed by atoms with E-state index in [1.165, 1.54) is 33.8 Å². The van der Waals surface area contributed by atoms with Crippen LogP contribution < -0.4 is 5.32 Å². The second-order valence-corrected chi connectivity index (χ2v) is 15.6. The number of rotatable bonds is 8. The monoisotopic (exact) mass is 666 g/mol. The molecule has 3 heterocycles. The number of carbonyl (C=O) groups is 2. The van der Waals surface area contributed by atoms with Gasteiger partial charge in [0.2, 0.25) is 10.0 Å². The fourth-order valence-electron chi connectivity index (χ4n) is 5.71. The van der Waals surface area contributed by atoms with E-state index in [-0.39, 0.29) is 55.0 Å². The number of amidine groups is 1. The summed E-state index contributed by atoms with van der Waals surface area (Å²) in [7, 11) is -3.63. The molecule has 0 bridgehead atoms. The van der Waals surface area contributed by atoms with Crippen LogP contribution in [0.1, 0.15) is 70.0 Å². The van der Waals surface area contributed by atoms with E-state index in [1.807, 2.05) is 0 Å². The number of benzene rings is 1. The number of nitrogens with one attached hydrogen (secondary N) is 1. The second kappa shape index (κ2) is 12.9. The lowest BCUT2D eigenvalue weighted by atomic mass is 9.85. The van der Waals surface area contributed by atoms with Crippen LogP contribution in [0, 0.1) is 17.7 Å². The summed E-state index contributed by atoms with van der Waals surface area (Å²) >= 11 is 7.84. The number of sulfonamides is 1. The van der Waals surface area contributed by atoms with Crippen LogP contribution in [0.15, 0.2) is 46.0 Å². The highest BCUT2D eigenvalue weighted by Gasteiger charge is 2.47. The van der Waals surface area contributed by atoms with Crippen LogP contribution in [0.25, 0.3) is 0 Å². The molecule has 44 heavy (non-hydrogen) atoms. The first-order valence-corrected chi connectivity index (χ1v) is 17.4. The average molecular weight is 667 g/mol. The van der Waals surface area contributed by atoms with Crippen molar-refractivity contribution < 1.29 is 31.9 Å². The molecule has 14 heteroatoms. The van der Waals surface area contributed by atoms with Crippen molar-refractivity contribution in [2.75, 3.05) is 19.7 Å². The predicted molar refractivity (Wildman–Crippen MR) is 165 cm³/mol. The van der Waals surface area contributed by atoms with Gasteiger partial charge in [0.1, 0.15) is 17.5 Å². The van der Waals surface area contributed by atoms with Gasteiger partial charge in [0.05, 0.1) is 23.3 Å². The quantitative estimate of drug-likeness (QED) is 0.390. The van der Waals surface area contributed by atoms with Crippen LogP contribution in [0.2, 0.25) is 5.02 Å². The minimum absolute atomic E-state index is 0.117. The van der Waals surface area contributed by atoms with Crippen LogP contribution in [-0.4, -0.2) is 66.0 Å². The SMILES string of the molecule is CCOC(=O)C1=C(C2CCN(S(=O)(=O)C3CC(C(=O)OC(C)(C)C)C3)CC2)NC(c2nccs2)=NC1c1ccc(F)cc1Cl. The molecular weight excluding hydrogens is 631 g/mol. The van der Waals surface area contributed by atoms with Crippen molar-refractivity contribution in [3.05, 3.63) is 62.5 Å². The molecule has 1 aromatic heterocycles. The minimum atomic E-state index is -3.63. The largest absolute Gasteiger partial charge is 0.463 e. The van der Waals surface area contributed by atoms with E-state index in [0.29, 0.717) is 34.9 Å². The van der Waals surface area contributed by atoms with Crippen molar-refractivity contribution >= 4 is 50.7 Å². The maximum Gasteiger partial charge on any atom is 0.338 e. The van der Waals surface area contributed by atoms with E-state index in [9.17, 15) is 22.4 Å². The molecule has 1 atom stereocenters. The Labute approximate surface area is 265 Å². The van der Waals surface area contributed by atoms with Gasteiger partial charge in [-0.15, -0.1) is 11.3 Å². The molecule has 1 unspecified atom stereocenters. The fourth-order valence-corrected chi connectivity index (χ4v) is 8.66. The predicted octanol–water partition coefficient (Wildman–Crippen LogP) is 5.01. The summed E-state index contributed by atoms with van der Waals surface area (Å²) in [5, 5.41) is 5.21. The number of thiazole rings is 1. The molecule has 3 aliphatic rings. The lowest BCUT2D eigenvalue weighted by molar-refractivity contribution is -0.162. The normalized spacial score (nSPS) is 23.4. The van der Waals surface area contributed by atoms with Crippen LogP contribution in [0.3, 0.4) is 0 Å². The van der Waals surface area contributed by atoms with Crippen molar-refractivity contribution in [2.24, 2.45) is 16.8 Å². The Kier molecular flexibility index (Phi) is 9.50. The zero-order chi connectivity index (χ0) is 31.8. The molecule has 1 aliphatic carbocycles. The molecule has 2 fully saturated rings. The number of hydrogen-bond donors (Lipinski definition) is 1. The third-order valence-electron chi connectivity index (χ3n) is 7.94. The Hall–Kier alpha value is -2.87. The molecule has 238 valence electrons. The highest BCUT2D eigenvalue weighted by Crippen LogP contribution is 2.42. The second-order valence-electron chi connectivity index (χ2n) is 12.1. The third kappa shape index (κ3) is 6.85. The molecule has 0 spiro atoms. The molecule has 1 aromatic carbocycles. The summed E-state index contributed by atoms with van der Waals surface area (Å²) in [6.07, 6.45) is 2.99. The van der Waals surface area contributed by atoms with Gasteiger partial charge in [-0.3, -0.25) is 9.79 Å². The van der Waals surface area contributed by atoms with Gasteiger partial charge in [-0.1, -0.05) is 17.7 Å². The Morgan fingerprint density at radius 2 is 1.91 bits per heavy atom. The highest BCUT2D eigenvalue weighted by molar-refractivity contribution is 7.89. The van der Waals surface area contributed by atoms with Crippen LogP contribution >= 0.6 is 22.9 Å². The average Bonchev–Trinajstić information content (AvgIpc) is 3.46. The molecule has 1 saturated heterocycles. The molecule has 1 N–H and O–H groups in total. The van der Waals surface area contributed by atoms with E-state index in [2.05, 4.69) is 10.3 Å². The number of aliphatic imine (C=N–C) groups is 1. The van der Waals surface area contributed by atoms with Crippen molar-refractivity contribution in [1.29, 1.82) is 0 Å². The number of piperidine rings is 1. The van der Waals surface area contributed by atoms with Gasteiger partial charge in [-0.2, -0.15) is 0 Å². The number of hydrogen-bond acceptors (Lipinski definition) is 10. The van der Waals surface area contributed by atoms with E-state index >= 15 is 0 Å². The number of aromatic nitrogens is 1. The number of esters is 2. The van der Waals surface area contributed by atoms with Crippen molar-refractivity contribution in [2.45, 2.75) is 70.3 Å². The van der Waals surface area contributed by atoms with E-state index in [4.69, 9.17) is 26.1 Å². The van der Waals surface area contributed by atoms with E-state index in [0.717, 1.165) is 0 Å². The maximum absolute atomic E-state index is 14.0. The van der Waals surface area contributed by atoms with Crippen molar-refractivity contribution in [1.82, 2.24) is 14.6 Å². The van der Waals surface area contributed by atoms with Gasteiger partial charge < -0.3 is 14.8 Å². The number of allylic oxidation sites excluding steroid dienone is 1. The highest BCUT2D eigenvalue weighted by atomic mass is 35.5. The van der Waals surface area contributed by atoms with Gasteiger partial charge in [0, 0.05) is 46.9 Å². The number of carbonyl (C=O) groups excluding carboxylic acids is 2. The van der Waals surface area contributed by atoms with E-state index < -0.39 is 44.6 Å². The Morgan fingerprint density at radius 1 is 1.20 bits per heavy atom. The third-order valence-corrected chi connectivity index (χ3v) is 11.4. The first-order chi connectivity index (χ1) is 20.8. The van der Waals surface area contributed by atoms with Crippen molar-refractivity contribution in [3.8, 4) is 0 Å². The topological polar surface area (TPSA) is 127 Å². The van der Waals surface area contributed by atoms with Crippen LogP contribution in [0.5, 0.6) is 0 Å². The first kappa shape index (κ1) is 32.5.